The van der Waals surface area contributed by atoms with Crippen molar-refractivity contribution < 1.29 is 0 Å². The van der Waals surface area contributed by atoms with E-state index in [1.54, 1.807) is 12.4 Å². The summed E-state index contributed by atoms with van der Waals surface area (Å²) in [5.41, 5.74) is 13.2. The van der Waals surface area contributed by atoms with Gasteiger partial charge < -0.3 is 11.5 Å². The Hall–Kier alpha value is -4.39. The number of nitrogen functional groups attached to an aromatic ring is 2. The highest BCUT2D eigenvalue weighted by Gasteiger charge is 2.28. The van der Waals surface area contributed by atoms with Gasteiger partial charge in [0.2, 0.25) is 5.95 Å². The van der Waals surface area contributed by atoms with E-state index in [0.29, 0.717) is 11.4 Å². The maximum Gasteiger partial charge on any atom is 0.262 e. The first-order valence-electron chi connectivity index (χ1n) is 10.5. The van der Waals surface area contributed by atoms with Crippen LogP contribution in [0.25, 0.3) is 22.0 Å². The lowest BCUT2D eigenvalue weighted by Gasteiger charge is -2.13. The van der Waals surface area contributed by atoms with Gasteiger partial charge in [-0.15, -0.1) is 0 Å². The Balaban J connectivity index is 0.000000219. The van der Waals surface area contributed by atoms with Crippen molar-refractivity contribution in [2.24, 2.45) is 0 Å². The standard InChI is InChI=1S/C18H18N4O.C5H5N5/c1-3-16-21-15-6-4-5-14(12-9-19-11(2)20-10-12)17(15)18(23)22(16)13-7-8-13;6-1-3-2-9-5(8)10-4(3)7/h4-6,9-10,13H,3,7-8H2,1-2H3;2H,(H4,7,8,9,10). The highest BCUT2D eigenvalue weighted by molar-refractivity contribution is 5.93. The van der Waals surface area contributed by atoms with Crippen molar-refractivity contribution in [3.05, 3.63) is 64.4 Å². The third-order valence-electron chi connectivity index (χ3n) is 5.28. The second kappa shape index (κ2) is 9.00. The minimum atomic E-state index is 0.0607. The number of aromatic nitrogens is 6. The number of aryl methyl sites for hydroxylation is 2. The van der Waals surface area contributed by atoms with Crippen molar-refractivity contribution in [3.8, 4) is 17.2 Å². The number of rotatable bonds is 3. The van der Waals surface area contributed by atoms with Gasteiger partial charge in [-0.1, -0.05) is 19.1 Å². The second-order valence-electron chi connectivity index (χ2n) is 7.65. The van der Waals surface area contributed by atoms with Gasteiger partial charge in [-0.2, -0.15) is 10.2 Å². The Labute approximate surface area is 190 Å². The molecule has 10 heteroatoms. The van der Waals surface area contributed by atoms with Gasteiger partial charge in [0.15, 0.2) is 0 Å². The molecule has 1 aliphatic rings. The lowest BCUT2D eigenvalue weighted by Crippen LogP contribution is -2.24. The molecule has 3 heterocycles. The maximum atomic E-state index is 13.1. The summed E-state index contributed by atoms with van der Waals surface area (Å²) < 4.78 is 1.89. The summed E-state index contributed by atoms with van der Waals surface area (Å²) in [7, 11) is 0. The minimum absolute atomic E-state index is 0.0607. The molecule has 0 saturated heterocycles. The van der Waals surface area contributed by atoms with Crippen LogP contribution in [0.5, 0.6) is 0 Å². The Kier molecular flexibility index (Phi) is 5.95. The lowest BCUT2D eigenvalue weighted by atomic mass is 10.0. The quantitative estimate of drug-likeness (QED) is 0.486. The van der Waals surface area contributed by atoms with Crippen molar-refractivity contribution in [1.82, 2.24) is 29.5 Å². The molecule has 3 aromatic heterocycles. The van der Waals surface area contributed by atoms with Gasteiger partial charge in [-0.3, -0.25) is 9.36 Å². The van der Waals surface area contributed by atoms with Gasteiger partial charge in [-0.25, -0.2) is 19.9 Å². The van der Waals surface area contributed by atoms with Crippen LogP contribution < -0.4 is 17.0 Å². The number of nitriles is 1. The number of hydrogen-bond acceptors (Lipinski definition) is 9. The average Bonchev–Trinajstić information content (AvgIpc) is 3.64. The van der Waals surface area contributed by atoms with Crippen LogP contribution in [-0.4, -0.2) is 29.5 Å². The summed E-state index contributed by atoms with van der Waals surface area (Å²) >= 11 is 0. The van der Waals surface area contributed by atoms with E-state index < -0.39 is 0 Å². The summed E-state index contributed by atoms with van der Waals surface area (Å²) in [6, 6.07) is 7.92. The van der Waals surface area contributed by atoms with Crippen LogP contribution in [0.3, 0.4) is 0 Å². The van der Waals surface area contributed by atoms with Gasteiger partial charge in [0.1, 0.15) is 29.1 Å². The number of anilines is 2. The Bertz CT molecular complexity index is 1420. The van der Waals surface area contributed by atoms with E-state index in [1.807, 2.05) is 42.7 Å². The topological polar surface area (TPSA) is 162 Å². The molecular formula is C23H23N9O. The summed E-state index contributed by atoms with van der Waals surface area (Å²) in [5.74, 6) is 1.80. The fourth-order valence-corrected chi connectivity index (χ4v) is 3.52. The van der Waals surface area contributed by atoms with E-state index in [2.05, 4.69) is 19.9 Å². The molecular weight excluding hydrogens is 418 g/mol. The van der Waals surface area contributed by atoms with Crippen LogP contribution in [-0.2, 0) is 6.42 Å². The molecule has 1 aromatic carbocycles. The molecule has 10 nitrogen and oxygen atoms in total. The zero-order valence-electron chi connectivity index (χ0n) is 18.4. The number of hydrogen-bond donors (Lipinski definition) is 2. The Morgan fingerprint density at radius 3 is 2.45 bits per heavy atom. The van der Waals surface area contributed by atoms with Crippen molar-refractivity contribution in [1.29, 1.82) is 5.26 Å². The molecule has 0 radical (unpaired) electrons. The van der Waals surface area contributed by atoms with Crippen LogP contribution in [0, 0.1) is 18.3 Å². The molecule has 1 aliphatic carbocycles. The van der Waals surface area contributed by atoms with Crippen LogP contribution in [0.15, 0.2) is 41.6 Å². The monoisotopic (exact) mass is 441 g/mol. The average molecular weight is 441 g/mol. The zero-order valence-corrected chi connectivity index (χ0v) is 18.4. The van der Waals surface area contributed by atoms with Crippen LogP contribution >= 0.6 is 0 Å². The molecule has 1 fully saturated rings. The first-order chi connectivity index (χ1) is 15.9. The summed E-state index contributed by atoms with van der Waals surface area (Å²) in [6.45, 7) is 3.90. The molecule has 0 spiro atoms. The third-order valence-corrected chi connectivity index (χ3v) is 5.28. The molecule has 166 valence electrons. The Morgan fingerprint density at radius 2 is 1.85 bits per heavy atom. The highest BCUT2D eigenvalue weighted by Crippen LogP contribution is 2.35. The number of benzene rings is 1. The van der Waals surface area contributed by atoms with Crippen molar-refractivity contribution >= 4 is 22.7 Å². The molecule has 0 amide bonds. The normalized spacial score (nSPS) is 12.6. The fourth-order valence-electron chi connectivity index (χ4n) is 3.52. The van der Waals surface area contributed by atoms with E-state index >= 15 is 0 Å². The third kappa shape index (κ3) is 4.48. The van der Waals surface area contributed by atoms with Crippen molar-refractivity contribution in [2.75, 3.05) is 11.5 Å². The van der Waals surface area contributed by atoms with E-state index in [4.69, 9.17) is 21.7 Å². The molecule has 0 unspecified atom stereocenters. The van der Waals surface area contributed by atoms with Crippen molar-refractivity contribution in [2.45, 2.75) is 39.2 Å². The highest BCUT2D eigenvalue weighted by atomic mass is 16.1. The van der Waals surface area contributed by atoms with E-state index in [1.165, 1.54) is 6.20 Å². The first-order valence-corrected chi connectivity index (χ1v) is 10.5. The zero-order chi connectivity index (χ0) is 23.5. The van der Waals surface area contributed by atoms with Gasteiger partial charge in [-0.05, 0) is 31.4 Å². The molecule has 0 atom stereocenters. The molecule has 4 aromatic rings. The summed E-state index contributed by atoms with van der Waals surface area (Å²) in [5, 5.41) is 9.03. The molecule has 4 N–H and O–H groups in total. The largest absolute Gasteiger partial charge is 0.382 e. The van der Waals surface area contributed by atoms with Crippen LogP contribution in [0.4, 0.5) is 11.8 Å². The van der Waals surface area contributed by atoms with Gasteiger partial charge in [0.05, 0.1) is 17.1 Å². The van der Waals surface area contributed by atoms with E-state index in [0.717, 1.165) is 47.6 Å². The maximum absolute atomic E-state index is 13.1. The van der Waals surface area contributed by atoms with Gasteiger partial charge in [0.25, 0.3) is 5.56 Å². The molecule has 1 saturated carbocycles. The van der Waals surface area contributed by atoms with Gasteiger partial charge in [0, 0.05) is 30.4 Å². The summed E-state index contributed by atoms with van der Waals surface area (Å²) in [6.07, 6.45) is 7.72. The Morgan fingerprint density at radius 1 is 1.12 bits per heavy atom. The van der Waals surface area contributed by atoms with Crippen LogP contribution in [0.1, 0.15) is 43.0 Å². The predicted molar refractivity (Wildman–Crippen MR) is 125 cm³/mol. The fraction of sp³-hybridized carbons (Fsp3) is 0.261. The van der Waals surface area contributed by atoms with Crippen LogP contribution in [0.2, 0.25) is 0 Å². The molecule has 0 bridgehead atoms. The van der Waals surface area contributed by atoms with Crippen molar-refractivity contribution in [3.63, 3.8) is 0 Å². The number of nitrogens with two attached hydrogens (primary N) is 2. The predicted octanol–water partition coefficient (Wildman–Crippen LogP) is 2.57. The molecule has 33 heavy (non-hydrogen) atoms. The number of fused-ring (bicyclic) bond motifs is 1. The second-order valence-corrected chi connectivity index (χ2v) is 7.65. The van der Waals surface area contributed by atoms with E-state index in [-0.39, 0.29) is 22.9 Å². The summed E-state index contributed by atoms with van der Waals surface area (Å²) in [4.78, 5) is 33.5. The lowest BCUT2D eigenvalue weighted by molar-refractivity contribution is 0.646. The SMILES string of the molecule is CCc1nc2cccc(-c3cnc(C)nc3)c2c(=O)n1C1CC1.N#Cc1cnc(N)nc1N. The molecule has 0 aliphatic heterocycles. The smallest absolute Gasteiger partial charge is 0.262 e. The minimum Gasteiger partial charge on any atom is -0.382 e. The van der Waals surface area contributed by atoms with E-state index in [9.17, 15) is 4.79 Å². The first kappa shape index (κ1) is 21.8. The van der Waals surface area contributed by atoms with Gasteiger partial charge >= 0.3 is 0 Å². The molecule has 5 rings (SSSR count). The number of nitrogens with zero attached hydrogens (tertiary/aromatic N) is 7.